The predicted molar refractivity (Wildman–Crippen MR) is 115 cm³/mol. The van der Waals surface area contributed by atoms with Gasteiger partial charge in [0.15, 0.2) is 8.32 Å². The summed E-state index contributed by atoms with van der Waals surface area (Å²) < 4.78 is 6.26. The highest BCUT2D eigenvalue weighted by atomic mass is 28.4. The Bertz CT molecular complexity index is 306. The van der Waals surface area contributed by atoms with Crippen LogP contribution in [0.4, 0.5) is 0 Å². The molecule has 0 aromatic carbocycles. The average molecular weight is 374 g/mol. The van der Waals surface area contributed by atoms with Crippen LogP contribution < -0.4 is 0 Å². The summed E-state index contributed by atoms with van der Waals surface area (Å²) in [6.45, 7) is 11.3. The summed E-state index contributed by atoms with van der Waals surface area (Å²) in [5.41, 5.74) is 0.430. The van der Waals surface area contributed by atoms with Crippen LogP contribution in [0.2, 0.25) is 18.6 Å². The van der Waals surface area contributed by atoms with Crippen molar-refractivity contribution >= 4 is 8.32 Å². The third kappa shape index (κ3) is 11.4. The topological polar surface area (TPSA) is 19.0 Å². The molecule has 0 N–H and O–H groups in total. The van der Waals surface area contributed by atoms with E-state index in [1.165, 1.54) is 57.4 Å². The molecule has 0 amide bonds. The summed E-state index contributed by atoms with van der Waals surface area (Å²) >= 11 is 0. The fraction of sp³-hybridized carbons (Fsp3) is 1.00. The molecular formula is C20H47N3OSi. The SMILES string of the molecule is CCO[Si](C)(CC)CCC(CCN(C)C)(CCN(C)C)CCN(C)C. The van der Waals surface area contributed by atoms with Gasteiger partial charge in [0.2, 0.25) is 0 Å². The lowest BCUT2D eigenvalue weighted by atomic mass is 9.75. The molecule has 0 spiro atoms. The molecule has 0 aliphatic rings. The van der Waals surface area contributed by atoms with Crippen molar-refractivity contribution < 1.29 is 4.43 Å². The van der Waals surface area contributed by atoms with Crippen molar-refractivity contribution in [3.05, 3.63) is 0 Å². The first-order valence-electron chi connectivity index (χ1n) is 10.2. The van der Waals surface area contributed by atoms with Crippen molar-refractivity contribution in [3.63, 3.8) is 0 Å². The second-order valence-electron chi connectivity index (χ2n) is 8.90. The van der Waals surface area contributed by atoms with E-state index in [-0.39, 0.29) is 0 Å². The zero-order chi connectivity index (χ0) is 19.5. The number of hydrogen-bond acceptors (Lipinski definition) is 4. The number of rotatable bonds is 15. The normalized spacial score (nSPS) is 15.4. The first-order valence-corrected chi connectivity index (χ1v) is 13.0. The maximum atomic E-state index is 6.26. The zero-order valence-electron chi connectivity index (χ0n) is 18.8. The molecule has 1 atom stereocenters. The maximum absolute atomic E-state index is 6.26. The third-order valence-corrected chi connectivity index (χ3v) is 9.48. The van der Waals surface area contributed by atoms with Gasteiger partial charge in [-0.3, -0.25) is 0 Å². The molecule has 0 aromatic heterocycles. The van der Waals surface area contributed by atoms with Gasteiger partial charge in [0.1, 0.15) is 0 Å². The Morgan fingerprint density at radius 2 is 1.12 bits per heavy atom. The third-order valence-electron chi connectivity index (χ3n) is 5.69. The monoisotopic (exact) mass is 373 g/mol. The van der Waals surface area contributed by atoms with E-state index in [1.807, 2.05) is 0 Å². The second kappa shape index (κ2) is 12.4. The van der Waals surface area contributed by atoms with Gasteiger partial charge in [-0.2, -0.15) is 0 Å². The van der Waals surface area contributed by atoms with E-state index in [1.54, 1.807) is 0 Å². The Morgan fingerprint density at radius 1 is 0.720 bits per heavy atom. The Labute approximate surface area is 160 Å². The van der Waals surface area contributed by atoms with E-state index in [4.69, 9.17) is 4.43 Å². The van der Waals surface area contributed by atoms with Gasteiger partial charge in [-0.1, -0.05) is 6.92 Å². The molecular weight excluding hydrogens is 326 g/mol. The first-order chi connectivity index (χ1) is 11.6. The van der Waals surface area contributed by atoms with Gasteiger partial charge in [0, 0.05) is 6.61 Å². The van der Waals surface area contributed by atoms with Crippen LogP contribution in [-0.4, -0.2) is 91.5 Å². The van der Waals surface area contributed by atoms with Crippen molar-refractivity contribution in [1.82, 2.24) is 14.7 Å². The molecule has 0 rings (SSSR count). The van der Waals surface area contributed by atoms with Crippen LogP contribution in [0.5, 0.6) is 0 Å². The standard InChI is InChI=1S/C20H47N3OSi/c1-10-24-25(9,11-2)19-15-20(12-16-21(3)4,13-17-22(5)6)14-18-23(7)8/h10-19H2,1-9H3. The molecule has 0 fully saturated rings. The van der Waals surface area contributed by atoms with E-state index < -0.39 is 8.32 Å². The zero-order valence-corrected chi connectivity index (χ0v) is 19.8. The first kappa shape index (κ1) is 25.1. The van der Waals surface area contributed by atoms with Gasteiger partial charge in [0.05, 0.1) is 0 Å². The molecule has 0 aromatic rings. The summed E-state index contributed by atoms with van der Waals surface area (Å²) in [6.07, 6.45) is 5.20. The van der Waals surface area contributed by atoms with E-state index in [0.29, 0.717) is 5.41 Å². The van der Waals surface area contributed by atoms with Gasteiger partial charge < -0.3 is 19.1 Å². The minimum Gasteiger partial charge on any atom is -0.417 e. The fourth-order valence-corrected chi connectivity index (χ4v) is 5.82. The quantitative estimate of drug-likeness (QED) is 0.406. The minimum atomic E-state index is -1.54. The number of nitrogens with zero attached hydrogens (tertiary/aromatic N) is 3. The lowest BCUT2D eigenvalue weighted by molar-refractivity contribution is 0.146. The summed E-state index contributed by atoms with van der Waals surface area (Å²) in [7, 11) is 11.7. The maximum Gasteiger partial charge on any atom is 0.189 e. The molecule has 152 valence electrons. The van der Waals surface area contributed by atoms with Crippen LogP contribution in [0.1, 0.15) is 39.5 Å². The highest BCUT2D eigenvalue weighted by molar-refractivity contribution is 6.72. The largest absolute Gasteiger partial charge is 0.417 e. The molecule has 0 bridgehead atoms. The molecule has 0 radical (unpaired) electrons. The van der Waals surface area contributed by atoms with E-state index in [2.05, 4.69) is 77.4 Å². The van der Waals surface area contributed by atoms with Gasteiger partial charge in [0.25, 0.3) is 0 Å². The van der Waals surface area contributed by atoms with Crippen molar-refractivity contribution in [3.8, 4) is 0 Å². The molecule has 0 saturated heterocycles. The van der Waals surface area contributed by atoms with E-state index in [9.17, 15) is 0 Å². The van der Waals surface area contributed by atoms with Crippen molar-refractivity contribution in [2.75, 3.05) is 68.5 Å². The second-order valence-corrected chi connectivity index (χ2v) is 13.3. The summed E-state index contributed by atoms with van der Waals surface area (Å²) in [6, 6.07) is 2.53. The summed E-state index contributed by atoms with van der Waals surface area (Å²) in [5, 5.41) is 0. The lowest BCUT2D eigenvalue weighted by Crippen LogP contribution is -2.38. The predicted octanol–water partition coefficient (Wildman–Crippen LogP) is 3.85. The fourth-order valence-electron chi connectivity index (χ4n) is 3.36. The van der Waals surface area contributed by atoms with Crippen LogP contribution >= 0.6 is 0 Å². The molecule has 0 aliphatic heterocycles. The van der Waals surface area contributed by atoms with E-state index in [0.717, 1.165) is 6.61 Å². The van der Waals surface area contributed by atoms with Gasteiger partial charge in [-0.15, -0.1) is 0 Å². The van der Waals surface area contributed by atoms with Crippen molar-refractivity contribution in [1.29, 1.82) is 0 Å². The number of hydrogen-bond donors (Lipinski definition) is 0. The lowest BCUT2D eigenvalue weighted by Gasteiger charge is -2.39. The molecule has 1 unspecified atom stereocenters. The molecule has 5 heteroatoms. The summed E-state index contributed by atoms with van der Waals surface area (Å²) in [4.78, 5) is 7.04. The highest BCUT2D eigenvalue weighted by Gasteiger charge is 2.35. The van der Waals surface area contributed by atoms with Crippen LogP contribution in [0.3, 0.4) is 0 Å². The Hall–Kier alpha value is 0.0569. The molecule has 0 heterocycles. The van der Waals surface area contributed by atoms with Gasteiger partial charge in [-0.25, -0.2) is 0 Å². The van der Waals surface area contributed by atoms with Crippen molar-refractivity contribution in [2.45, 2.75) is 58.2 Å². The van der Waals surface area contributed by atoms with Crippen LogP contribution in [0, 0.1) is 5.41 Å². The Balaban J connectivity index is 5.23. The van der Waals surface area contributed by atoms with Crippen molar-refractivity contribution in [2.24, 2.45) is 5.41 Å². The van der Waals surface area contributed by atoms with Crippen LogP contribution in [0.25, 0.3) is 0 Å². The van der Waals surface area contributed by atoms with Crippen LogP contribution in [0.15, 0.2) is 0 Å². The Morgan fingerprint density at radius 3 is 1.40 bits per heavy atom. The van der Waals surface area contributed by atoms with Crippen LogP contribution in [-0.2, 0) is 4.43 Å². The Kier molecular flexibility index (Phi) is 12.5. The molecule has 0 aliphatic carbocycles. The van der Waals surface area contributed by atoms with E-state index >= 15 is 0 Å². The van der Waals surface area contributed by atoms with Gasteiger partial charge >= 0.3 is 0 Å². The molecule has 0 saturated carbocycles. The molecule has 25 heavy (non-hydrogen) atoms. The van der Waals surface area contributed by atoms with Gasteiger partial charge in [-0.05, 0) is 119 Å². The average Bonchev–Trinajstić information content (AvgIpc) is 2.53. The minimum absolute atomic E-state index is 0.430. The summed E-state index contributed by atoms with van der Waals surface area (Å²) in [5.74, 6) is 0. The highest BCUT2D eigenvalue weighted by Crippen LogP contribution is 2.39. The smallest absolute Gasteiger partial charge is 0.189 e. The molecule has 4 nitrogen and oxygen atoms in total.